The minimum atomic E-state index is 0.0302. The van der Waals surface area contributed by atoms with Crippen molar-refractivity contribution in [2.75, 3.05) is 6.54 Å². The van der Waals surface area contributed by atoms with E-state index in [1.807, 2.05) is 36.5 Å². The van der Waals surface area contributed by atoms with Crippen molar-refractivity contribution in [2.24, 2.45) is 5.73 Å². The summed E-state index contributed by atoms with van der Waals surface area (Å²) in [6.45, 7) is 0.622. The fourth-order valence-electron chi connectivity index (χ4n) is 2.07. The minimum absolute atomic E-state index is 0.0302. The summed E-state index contributed by atoms with van der Waals surface area (Å²) < 4.78 is 0. The standard InChI is InChI=1S/C14H14ClN3/c15-11-3-1-10(2-4-11)12-5-8-17-13(18-12)14(9-16)6-7-14/h1-5,8H,6-7,9,16H2. The Labute approximate surface area is 111 Å². The van der Waals surface area contributed by atoms with Crippen LogP contribution in [0.5, 0.6) is 0 Å². The third kappa shape index (κ3) is 2.00. The number of benzene rings is 1. The summed E-state index contributed by atoms with van der Waals surface area (Å²) in [4.78, 5) is 9.01. The molecule has 3 nitrogen and oxygen atoms in total. The second-order valence-corrected chi connectivity index (χ2v) is 5.19. The van der Waals surface area contributed by atoms with Gasteiger partial charge in [0.25, 0.3) is 0 Å². The first-order valence-electron chi connectivity index (χ1n) is 6.03. The lowest BCUT2D eigenvalue weighted by Gasteiger charge is -2.11. The fraction of sp³-hybridized carbons (Fsp3) is 0.286. The van der Waals surface area contributed by atoms with Crippen LogP contribution in [0.2, 0.25) is 5.02 Å². The lowest BCUT2D eigenvalue weighted by atomic mass is 10.1. The zero-order valence-electron chi connectivity index (χ0n) is 9.94. The molecule has 0 aliphatic heterocycles. The Morgan fingerprint density at radius 2 is 1.89 bits per heavy atom. The van der Waals surface area contributed by atoms with Crippen molar-refractivity contribution in [1.29, 1.82) is 0 Å². The molecule has 1 aromatic carbocycles. The predicted octanol–water partition coefficient (Wildman–Crippen LogP) is 2.79. The predicted molar refractivity (Wildman–Crippen MR) is 72.4 cm³/mol. The van der Waals surface area contributed by atoms with Gasteiger partial charge in [-0.05, 0) is 31.0 Å². The summed E-state index contributed by atoms with van der Waals surface area (Å²) in [6, 6.07) is 9.59. The van der Waals surface area contributed by atoms with E-state index >= 15 is 0 Å². The van der Waals surface area contributed by atoms with Crippen LogP contribution in [-0.4, -0.2) is 16.5 Å². The topological polar surface area (TPSA) is 51.8 Å². The number of nitrogens with zero attached hydrogens (tertiary/aromatic N) is 2. The largest absolute Gasteiger partial charge is 0.329 e. The molecule has 1 aliphatic carbocycles. The van der Waals surface area contributed by atoms with Gasteiger partial charge in [0.1, 0.15) is 5.82 Å². The molecular weight excluding hydrogens is 246 g/mol. The van der Waals surface area contributed by atoms with Crippen LogP contribution in [0.4, 0.5) is 0 Å². The van der Waals surface area contributed by atoms with Crippen molar-refractivity contribution in [3.8, 4) is 11.3 Å². The lowest BCUT2D eigenvalue weighted by Crippen LogP contribution is -2.22. The van der Waals surface area contributed by atoms with Gasteiger partial charge in [-0.1, -0.05) is 23.7 Å². The van der Waals surface area contributed by atoms with E-state index in [1.54, 1.807) is 0 Å². The Bertz CT molecular complexity index is 562. The Balaban J connectivity index is 1.98. The second-order valence-electron chi connectivity index (χ2n) is 4.76. The van der Waals surface area contributed by atoms with Gasteiger partial charge in [0.2, 0.25) is 0 Å². The number of halogens is 1. The molecule has 3 rings (SSSR count). The number of nitrogens with two attached hydrogens (primary N) is 1. The normalized spacial score (nSPS) is 16.6. The quantitative estimate of drug-likeness (QED) is 0.922. The first kappa shape index (κ1) is 11.6. The van der Waals surface area contributed by atoms with Crippen molar-refractivity contribution in [2.45, 2.75) is 18.3 Å². The summed E-state index contributed by atoms with van der Waals surface area (Å²) in [7, 11) is 0. The highest BCUT2D eigenvalue weighted by atomic mass is 35.5. The number of aromatic nitrogens is 2. The van der Waals surface area contributed by atoms with E-state index in [0.717, 1.165) is 34.9 Å². The summed E-state index contributed by atoms with van der Waals surface area (Å²) in [6.07, 6.45) is 3.99. The average Bonchev–Trinajstić information content (AvgIpc) is 3.21. The number of hydrogen-bond acceptors (Lipinski definition) is 3. The summed E-state index contributed by atoms with van der Waals surface area (Å²) >= 11 is 5.89. The van der Waals surface area contributed by atoms with Crippen LogP contribution in [0, 0.1) is 0 Å². The maximum Gasteiger partial charge on any atom is 0.136 e. The highest BCUT2D eigenvalue weighted by Crippen LogP contribution is 2.45. The van der Waals surface area contributed by atoms with Gasteiger partial charge in [-0.3, -0.25) is 0 Å². The zero-order valence-corrected chi connectivity index (χ0v) is 10.7. The molecule has 1 aliphatic rings. The van der Waals surface area contributed by atoms with E-state index in [0.29, 0.717) is 6.54 Å². The Morgan fingerprint density at radius 1 is 1.17 bits per heavy atom. The maximum absolute atomic E-state index is 5.89. The van der Waals surface area contributed by atoms with Gasteiger partial charge in [0, 0.05) is 28.7 Å². The first-order chi connectivity index (χ1) is 8.73. The molecule has 0 amide bonds. The van der Waals surface area contributed by atoms with Gasteiger partial charge in [-0.2, -0.15) is 0 Å². The SMILES string of the molecule is NCC1(c2nccc(-c3ccc(Cl)cc3)n2)CC1. The summed E-state index contributed by atoms with van der Waals surface area (Å²) in [5.74, 6) is 0.873. The van der Waals surface area contributed by atoms with E-state index < -0.39 is 0 Å². The molecule has 4 heteroatoms. The molecule has 1 saturated carbocycles. The first-order valence-corrected chi connectivity index (χ1v) is 6.41. The molecular formula is C14H14ClN3. The van der Waals surface area contributed by atoms with Crippen LogP contribution in [0.15, 0.2) is 36.5 Å². The Morgan fingerprint density at radius 3 is 2.50 bits per heavy atom. The highest BCUT2D eigenvalue weighted by Gasteiger charge is 2.45. The molecule has 0 unspecified atom stereocenters. The molecule has 0 radical (unpaired) electrons. The van der Waals surface area contributed by atoms with Crippen LogP contribution < -0.4 is 5.73 Å². The van der Waals surface area contributed by atoms with Crippen molar-refractivity contribution >= 4 is 11.6 Å². The average molecular weight is 260 g/mol. The van der Waals surface area contributed by atoms with E-state index in [4.69, 9.17) is 17.3 Å². The van der Waals surface area contributed by atoms with Gasteiger partial charge < -0.3 is 5.73 Å². The smallest absolute Gasteiger partial charge is 0.136 e. The third-order valence-corrected chi connectivity index (χ3v) is 3.77. The van der Waals surface area contributed by atoms with E-state index in [2.05, 4.69) is 9.97 Å². The Kier molecular flexibility index (Phi) is 2.80. The molecule has 18 heavy (non-hydrogen) atoms. The molecule has 1 aromatic heterocycles. The van der Waals surface area contributed by atoms with Crippen LogP contribution in [0.25, 0.3) is 11.3 Å². The van der Waals surface area contributed by atoms with E-state index in [-0.39, 0.29) is 5.41 Å². The van der Waals surface area contributed by atoms with Crippen LogP contribution >= 0.6 is 11.6 Å². The van der Waals surface area contributed by atoms with E-state index in [1.165, 1.54) is 0 Å². The molecule has 1 fully saturated rings. The number of rotatable bonds is 3. The molecule has 0 saturated heterocycles. The maximum atomic E-state index is 5.89. The molecule has 2 N–H and O–H groups in total. The molecule has 0 spiro atoms. The van der Waals surface area contributed by atoms with Crippen molar-refractivity contribution < 1.29 is 0 Å². The molecule has 0 atom stereocenters. The van der Waals surface area contributed by atoms with Crippen molar-refractivity contribution in [3.05, 3.63) is 47.4 Å². The van der Waals surface area contributed by atoms with Gasteiger partial charge in [0.15, 0.2) is 0 Å². The summed E-state index contributed by atoms with van der Waals surface area (Å²) in [5.41, 5.74) is 7.82. The van der Waals surface area contributed by atoms with Crippen LogP contribution in [0.1, 0.15) is 18.7 Å². The number of hydrogen-bond donors (Lipinski definition) is 1. The molecule has 2 aromatic rings. The van der Waals surface area contributed by atoms with Gasteiger partial charge >= 0.3 is 0 Å². The van der Waals surface area contributed by atoms with Crippen LogP contribution in [0.3, 0.4) is 0 Å². The monoisotopic (exact) mass is 259 g/mol. The van der Waals surface area contributed by atoms with Crippen molar-refractivity contribution in [3.63, 3.8) is 0 Å². The lowest BCUT2D eigenvalue weighted by molar-refractivity contribution is 0.649. The van der Waals surface area contributed by atoms with Crippen LogP contribution in [-0.2, 0) is 5.41 Å². The second kappa shape index (κ2) is 4.34. The van der Waals surface area contributed by atoms with Gasteiger partial charge in [-0.15, -0.1) is 0 Å². The zero-order chi connectivity index (χ0) is 12.6. The molecule has 92 valence electrons. The molecule has 1 heterocycles. The highest BCUT2D eigenvalue weighted by molar-refractivity contribution is 6.30. The minimum Gasteiger partial charge on any atom is -0.329 e. The fourth-order valence-corrected chi connectivity index (χ4v) is 2.19. The summed E-state index contributed by atoms with van der Waals surface area (Å²) in [5, 5.41) is 0.730. The molecule has 0 bridgehead atoms. The van der Waals surface area contributed by atoms with E-state index in [9.17, 15) is 0 Å². The van der Waals surface area contributed by atoms with Gasteiger partial charge in [-0.25, -0.2) is 9.97 Å². The third-order valence-electron chi connectivity index (χ3n) is 3.51. The van der Waals surface area contributed by atoms with Crippen molar-refractivity contribution in [1.82, 2.24) is 9.97 Å². The Hall–Kier alpha value is -1.45. The van der Waals surface area contributed by atoms with Gasteiger partial charge in [0.05, 0.1) is 5.69 Å².